The Morgan fingerprint density at radius 2 is 2.05 bits per heavy atom. The summed E-state index contributed by atoms with van der Waals surface area (Å²) in [4.78, 5) is 19.1. The number of halogens is 1. The van der Waals surface area contributed by atoms with E-state index in [0.717, 1.165) is 76.1 Å². The van der Waals surface area contributed by atoms with Crippen molar-refractivity contribution in [3.8, 4) is 0 Å². The van der Waals surface area contributed by atoms with Gasteiger partial charge >= 0.3 is 5.97 Å². The normalized spacial score (nSPS) is 15.5. The minimum absolute atomic E-state index is 0.252. The van der Waals surface area contributed by atoms with E-state index in [2.05, 4.69) is 34.2 Å². The molecule has 2 aromatic rings. The molecule has 0 unspecified atom stereocenters. The molecule has 206 valence electrons. The summed E-state index contributed by atoms with van der Waals surface area (Å²) in [5.74, 6) is -0.205. The predicted molar refractivity (Wildman–Crippen MR) is 148 cm³/mol. The lowest BCUT2D eigenvalue weighted by Crippen LogP contribution is -2.40. The van der Waals surface area contributed by atoms with Crippen molar-refractivity contribution in [3.63, 3.8) is 0 Å². The van der Waals surface area contributed by atoms with Gasteiger partial charge in [-0.05, 0) is 81.2 Å². The van der Waals surface area contributed by atoms with Crippen LogP contribution in [0.2, 0.25) is 0 Å². The molecule has 0 bridgehead atoms. The molecule has 1 aromatic heterocycles. The SMILES string of the molecule is C=C(Cc1ccccc1F)N[C@@H](CCN(CCCCc1ccc2c(n1)NCCC2)CCOC1CC1)C(=O)O. The lowest BCUT2D eigenvalue weighted by atomic mass is 10.1. The van der Waals surface area contributed by atoms with Gasteiger partial charge in [-0.1, -0.05) is 30.8 Å². The van der Waals surface area contributed by atoms with E-state index in [1.807, 2.05) is 0 Å². The van der Waals surface area contributed by atoms with Gasteiger partial charge in [-0.25, -0.2) is 14.2 Å². The summed E-state index contributed by atoms with van der Waals surface area (Å²) in [7, 11) is 0. The summed E-state index contributed by atoms with van der Waals surface area (Å²) >= 11 is 0. The maximum atomic E-state index is 14.0. The second-order valence-electron chi connectivity index (χ2n) is 10.4. The number of carbonyl (C=O) groups is 1. The summed E-state index contributed by atoms with van der Waals surface area (Å²) < 4.78 is 19.9. The first-order valence-electron chi connectivity index (χ1n) is 13.9. The van der Waals surface area contributed by atoms with E-state index >= 15 is 0 Å². The third-order valence-electron chi connectivity index (χ3n) is 7.17. The number of nitrogens with zero attached hydrogens (tertiary/aromatic N) is 2. The topological polar surface area (TPSA) is 86.7 Å². The molecule has 2 aliphatic rings. The molecule has 2 heterocycles. The number of benzene rings is 1. The fourth-order valence-electron chi connectivity index (χ4n) is 4.81. The molecule has 38 heavy (non-hydrogen) atoms. The smallest absolute Gasteiger partial charge is 0.326 e. The van der Waals surface area contributed by atoms with E-state index in [-0.39, 0.29) is 12.2 Å². The van der Waals surface area contributed by atoms with Gasteiger partial charge in [-0.3, -0.25) is 0 Å². The minimum Gasteiger partial charge on any atom is -0.480 e. The van der Waals surface area contributed by atoms with E-state index < -0.39 is 12.0 Å². The number of rotatable bonds is 17. The number of pyridine rings is 1. The molecule has 0 radical (unpaired) electrons. The van der Waals surface area contributed by atoms with Crippen molar-refractivity contribution in [1.29, 1.82) is 0 Å². The number of aliphatic carboxylic acids is 1. The zero-order valence-corrected chi connectivity index (χ0v) is 22.3. The molecule has 1 saturated carbocycles. The van der Waals surface area contributed by atoms with Gasteiger partial charge in [-0.2, -0.15) is 0 Å². The largest absolute Gasteiger partial charge is 0.480 e. The van der Waals surface area contributed by atoms with E-state index in [9.17, 15) is 14.3 Å². The van der Waals surface area contributed by atoms with Crippen LogP contribution in [-0.4, -0.2) is 65.9 Å². The van der Waals surface area contributed by atoms with Crippen LogP contribution in [0.25, 0.3) is 0 Å². The van der Waals surface area contributed by atoms with Gasteiger partial charge in [0.25, 0.3) is 0 Å². The van der Waals surface area contributed by atoms with Gasteiger partial charge in [0.2, 0.25) is 0 Å². The number of unbranched alkanes of at least 4 members (excludes halogenated alkanes) is 1. The minimum atomic E-state index is -0.930. The number of hydrogen-bond acceptors (Lipinski definition) is 6. The number of carboxylic acid groups (broad SMARTS) is 1. The number of ether oxygens (including phenoxy) is 1. The Morgan fingerprint density at radius 1 is 1.21 bits per heavy atom. The lowest BCUT2D eigenvalue weighted by Gasteiger charge is -2.25. The maximum absolute atomic E-state index is 14.0. The van der Waals surface area contributed by atoms with Crippen LogP contribution in [-0.2, 0) is 28.8 Å². The average Bonchev–Trinajstić information content (AvgIpc) is 3.74. The second kappa shape index (κ2) is 14.3. The molecule has 8 heteroatoms. The molecule has 0 amide bonds. The number of anilines is 1. The molecule has 4 rings (SSSR count). The Labute approximate surface area is 225 Å². The van der Waals surface area contributed by atoms with Gasteiger partial charge < -0.3 is 25.4 Å². The van der Waals surface area contributed by atoms with Crippen LogP contribution < -0.4 is 10.6 Å². The van der Waals surface area contributed by atoms with E-state index in [4.69, 9.17) is 9.72 Å². The van der Waals surface area contributed by atoms with Gasteiger partial charge in [0.05, 0.1) is 12.7 Å². The van der Waals surface area contributed by atoms with Crippen molar-refractivity contribution in [2.24, 2.45) is 0 Å². The molecule has 1 aliphatic heterocycles. The Balaban J connectivity index is 1.24. The zero-order valence-electron chi connectivity index (χ0n) is 22.3. The molecule has 1 aliphatic carbocycles. The van der Waals surface area contributed by atoms with Crippen molar-refractivity contribution in [2.45, 2.75) is 69.9 Å². The molecule has 7 nitrogen and oxygen atoms in total. The first-order valence-corrected chi connectivity index (χ1v) is 13.9. The first-order chi connectivity index (χ1) is 18.5. The van der Waals surface area contributed by atoms with Crippen LogP contribution in [0.15, 0.2) is 48.7 Å². The number of allylic oxidation sites excluding steroid dienone is 1. The number of aromatic nitrogens is 1. The van der Waals surface area contributed by atoms with E-state index in [1.165, 1.54) is 11.6 Å². The van der Waals surface area contributed by atoms with Crippen molar-refractivity contribution >= 4 is 11.8 Å². The van der Waals surface area contributed by atoms with Crippen LogP contribution >= 0.6 is 0 Å². The highest BCUT2D eigenvalue weighted by atomic mass is 19.1. The third-order valence-corrected chi connectivity index (χ3v) is 7.17. The Morgan fingerprint density at radius 3 is 2.84 bits per heavy atom. The highest BCUT2D eigenvalue weighted by Gasteiger charge is 2.23. The molecule has 1 fully saturated rings. The quantitative estimate of drug-likeness (QED) is 0.261. The monoisotopic (exact) mass is 524 g/mol. The van der Waals surface area contributed by atoms with Gasteiger partial charge in [-0.15, -0.1) is 0 Å². The third kappa shape index (κ3) is 9.10. The number of hydrogen-bond donors (Lipinski definition) is 3. The fourth-order valence-corrected chi connectivity index (χ4v) is 4.81. The summed E-state index contributed by atoms with van der Waals surface area (Å²) in [6.07, 6.45) is 8.55. The number of carboxylic acids is 1. The lowest BCUT2D eigenvalue weighted by molar-refractivity contribution is -0.139. The fraction of sp³-hybridized carbons (Fsp3) is 0.533. The number of fused-ring (bicyclic) bond motifs is 1. The Bertz CT molecular complexity index is 1080. The van der Waals surface area contributed by atoms with Crippen molar-refractivity contribution in [2.75, 3.05) is 38.1 Å². The van der Waals surface area contributed by atoms with E-state index in [0.29, 0.717) is 36.9 Å². The summed E-state index contributed by atoms with van der Waals surface area (Å²) in [5.41, 5.74) is 3.42. The first kappa shape index (κ1) is 28.0. The standard InChI is InChI=1S/C30H41FN4O3/c1-22(21-24-7-2-3-10-27(24)31)33-28(30(36)37)15-18-35(19-20-38-26-13-14-26)17-5-4-9-25-12-11-23-8-6-16-32-29(23)34-25/h2-3,7,10-12,26,28,33H,1,4-6,8-9,13-21H2,(H,32,34)(H,36,37)/t28-/m0/s1. The Kier molecular flexibility index (Phi) is 10.5. The van der Waals surface area contributed by atoms with Crippen LogP contribution in [0.5, 0.6) is 0 Å². The highest BCUT2D eigenvalue weighted by Crippen LogP contribution is 2.23. The van der Waals surface area contributed by atoms with Crippen LogP contribution in [0.4, 0.5) is 10.2 Å². The van der Waals surface area contributed by atoms with Crippen LogP contribution in [0, 0.1) is 5.82 Å². The number of aryl methyl sites for hydroxylation is 2. The Hall–Kier alpha value is -2.97. The van der Waals surface area contributed by atoms with Crippen molar-refractivity contribution in [3.05, 3.63) is 71.3 Å². The van der Waals surface area contributed by atoms with Crippen molar-refractivity contribution in [1.82, 2.24) is 15.2 Å². The summed E-state index contributed by atoms with van der Waals surface area (Å²) in [6.45, 7) is 7.88. The van der Waals surface area contributed by atoms with Crippen LogP contribution in [0.1, 0.15) is 55.3 Å². The van der Waals surface area contributed by atoms with Gasteiger partial charge in [0.15, 0.2) is 0 Å². The molecule has 0 saturated heterocycles. The predicted octanol–water partition coefficient (Wildman–Crippen LogP) is 4.57. The molecule has 3 N–H and O–H groups in total. The summed E-state index contributed by atoms with van der Waals surface area (Å²) in [6, 6.07) is 10.0. The van der Waals surface area contributed by atoms with Crippen LogP contribution in [0.3, 0.4) is 0 Å². The molecule has 1 aromatic carbocycles. The van der Waals surface area contributed by atoms with E-state index in [1.54, 1.807) is 18.2 Å². The number of nitrogens with one attached hydrogen (secondary N) is 2. The highest BCUT2D eigenvalue weighted by molar-refractivity contribution is 5.73. The zero-order chi connectivity index (χ0) is 26.7. The van der Waals surface area contributed by atoms with Gasteiger partial charge in [0, 0.05) is 37.4 Å². The van der Waals surface area contributed by atoms with Gasteiger partial charge in [0.1, 0.15) is 17.7 Å². The van der Waals surface area contributed by atoms with Crippen molar-refractivity contribution < 1.29 is 19.0 Å². The molecular formula is C30H41FN4O3. The maximum Gasteiger partial charge on any atom is 0.326 e. The average molecular weight is 525 g/mol. The molecule has 0 spiro atoms. The summed E-state index contributed by atoms with van der Waals surface area (Å²) in [5, 5.41) is 16.2. The second-order valence-corrected chi connectivity index (χ2v) is 10.4. The molecule has 1 atom stereocenters. The molecular weight excluding hydrogens is 483 g/mol.